The van der Waals surface area contributed by atoms with Gasteiger partial charge in [-0.15, -0.1) is 0 Å². The Hall–Kier alpha value is 0.390. The van der Waals surface area contributed by atoms with Crippen LogP contribution in [0.25, 0.3) is 0 Å². The van der Waals surface area contributed by atoms with Crippen LogP contribution in [-0.4, -0.2) is 26.0 Å². The molecule has 3 nitrogen and oxygen atoms in total. The van der Waals surface area contributed by atoms with Gasteiger partial charge in [0, 0.05) is 11.4 Å². The van der Waals surface area contributed by atoms with E-state index in [1.54, 1.807) is 0 Å². The first-order valence-electron chi connectivity index (χ1n) is 4.56. The quantitative estimate of drug-likeness (QED) is 0.790. The Morgan fingerprint density at radius 2 is 2.00 bits per heavy atom. The summed E-state index contributed by atoms with van der Waals surface area (Å²) >= 11 is 3.42. The lowest BCUT2D eigenvalue weighted by Gasteiger charge is -2.30. The molecule has 0 aromatic heterocycles. The minimum absolute atomic E-state index is 0.142. The standard InChI is InChI=1S/C8H16BrNO2S/c1-13(11,12)10-8-5-3-2-4-7(8)6-9/h7-8,10H,2-6H2,1H3. The molecular formula is C8H16BrNO2S. The molecule has 0 aromatic rings. The summed E-state index contributed by atoms with van der Waals surface area (Å²) in [5.74, 6) is 0.462. The van der Waals surface area contributed by atoms with Crippen molar-refractivity contribution in [2.45, 2.75) is 31.7 Å². The van der Waals surface area contributed by atoms with Crippen LogP contribution in [-0.2, 0) is 10.0 Å². The molecule has 78 valence electrons. The molecule has 2 atom stereocenters. The fourth-order valence-corrected chi connectivity index (χ4v) is 3.46. The number of hydrogen-bond donors (Lipinski definition) is 1. The maximum atomic E-state index is 11.0. The van der Waals surface area contributed by atoms with E-state index in [4.69, 9.17) is 0 Å². The Morgan fingerprint density at radius 1 is 1.38 bits per heavy atom. The van der Waals surface area contributed by atoms with Gasteiger partial charge in [-0.1, -0.05) is 28.8 Å². The topological polar surface area (TPSA) is 46.2 Å². The molecule has 1 rings (SSSR count). The average Bonchev–Trinajstić information content (AvgIpc) is 2.02. The number of rotatable bonds is 3. The summed E-state index contributed by atoms with van der Waals surface area (Å²) in [7, 11) is -3.04. The molecule has 5 heteroatoms. The molecule has 1 saturated carbocycles. The van der Waals surface area contributed by atoms with Crippen LogP contribution < -0.4 is 4.72 Å². The molecule has 1 N–H and O–H groups in total. The van der Waals surface area contributed by atoms with Gasteiger partial charge in [-0.25, -0.2) is 13.1 Å². The molecule has 0 saturated heterocycles. The summed E-state index contributed by atoms with van der Waals surface area (Å²) in [4.78, 5) is 0. The van der Waals surface area contributed by atoms with E-state index >= 15 is 0 Å². The van der Waals surface area contributed by atoms with Gasteiger partial charge in [0.05, 0.1) is 6.26 Å². The molecule has 0 heterocycles. The number of hydrogen-bond acceptors (Lipinski definition) is 2. The second-order valence-corrected chi connectivity index (χ2v) is 6.12. The van der Waals surface area contributed by atoms with Crippen molar-refractivity contribution in [3.05, 3.63) is 0 Å². The largest absolute Gasteiger partial charge is 0.213 e. The first kappa shape index (κ1) is 11.5. The van der Waals surface area contributed by atoms with Gasteiger partial charge in [-0.3, -0.25) is 0 Å². The molecule has 2 unspecified atom stereocenters. The Bertz CT molecular complexity index is 253. The molecule has 0 amide bonds. The van der Waals surface area contributed by atoms with E-state index in [0.717, 1.165) is 24.6 Å². The Labute approximate surface area is 88.5 Å². The van der Waals surface area contributed by atoms with Crippen molar-refractivity contribution in [3.8, 4) is 0 Å². The van der Waals surface area contributed by atoms with E-state index in [1.807, 2.05) is 0 Å². The normalized spacial score (nSPS) is 30.3. The van der Waals surface area contributed by atoms with Crippen LogP contribution in [0.5, 0.6) is 0 Å². The number of nitrogens with one attached hydrogen (secondary N) is 1. The average molecular weight is 270 g/mol. The SMILES string of the molecule is CS(=O)(=O)NC1CCCCC1CBr. The third-order valence-corrected chi connectivity index (χ3v) is 4.04. The predicted octanol–water partition coefficient (Wildman–Crippen LogP) is 1.49. The van der Waals surface area contributed by atoms with E-state index in [2.05, 4.69) is 20.7 Å². The van der Waals surface area contributed by atoms with E-state index in [-0.39, 0.29) is 6.04 Å². The first-order chi connectivity index (χ1) is 6.03. The van der Waals surface area contributed by atoms with Crippen LogP contribution in [0.3, 0.4) is 0 Å². The molecule has 0 aromatic carbocycles. The van der Waals surface area contributed by atoms with Crippen LogP contribution in [0.4, 0.5) is 0 Å². The van der Waals surface area contributed by atoms with Gasteiger partial charge in [0.1, 0.15) is 0 Å². The lowest BCUT2D eigenvalue weighted by Crippen LogP contribution is -2.42. The molecule has 0 radical (unpaired) electrons. The van der Waals surface area contributed by atoms with Gasteiger partial charge in [0.2, 0.25) is 10.0 Å². The maximum absolute atomic E-state index is 11.0. The van der Waals surface area contributed by atoms with Crippen molar-refractivity contribution >= 4 is 26.0 Å². The molecular weight excluding hydrogens is 254 g/mol. The molecule has 0 aliphatic heterocycles. The van der Waals surface area contributed by atoms with Crippen molar-refractivity contribution in [3.63, 3.8) is 0 Å². The van der Waals surface area contributed by atoms with Crippen molar-refractivity contribution in [1.29, 1.82) is 0 Å². The van der Waals surface area contributed by atoms with Crippen molar-refractivity contribution in [2.24, 2.45) is 5.92 Å². The van der Waals surface area contributed by atoms with Gasteiger partial charge in [0.25, 0.3) is 0 Å². The second kappa shape index (κ2) is 4.75. The zero-order chi connectivity index (χ0) is 9.90. The van der Waals surface area contributed by atoms with Crippen LogP contribution in [0.1, 0.15) is 25.7 Å². The highest BCUT2D eigenvalue weighted by molar-refractivity contribution is 9.09. The Morgan fingerprint density at radius 3 is 2.54 bits per heavy atom. The minimum atomic E-state index is -3.04. The lowest BCUT2D eigenvalue weighted by molar-refractivity contribution is 0.317. The van der Waals surface area contributed by atoms with E-state index in [1.165, 1.54) is 12.7 Å². The summed E-state index contributed by atoms with van der Waals surface area (Å²) in [6, 6.07) is 0.142. The monoisotopic (exact) mass is 269 g/mol. The summed E-state index contributed by atoms with van der Waals surface area (Å²) in [5.41, 5.74) is 0. The minimum Gasteiger partial charge on any atom is -0.213 e. The number of halogens is 1. The molecule has 1 aliphatic carbocycles. The highest BCUT2D eigenvalue weighted by atomic mass is 79.9. The molecule has 0 bridgehead atoms. The molecule has 0 spiro atoms. The van der Waals surface area contributed by atoms with E-state index < -0.39 is 10.0 Å². The Balaban J connectivity index is 2.55. The summed E-state index contributed by atoms with van der Waals surface area (Å²) in [6.45, 7) is 0. The summed E-state index contributed by atoms with van der Waals surface area (Å²) < 4.78 is 24.8. The predicted molar refractivity (Wildman–Crippen MR) is 57.5 cm³/mol. The molecule has 13 heavy (non-hydrogen) atoms. The van der Waals surface area contributed by atoms with Crippen LogP contribution in [0.2, 0.25) is 0 Å². The van der Waals surface area contributed by atoms with Crippen molar-refractivity contribution in [2.75, 3.05) is 11.6 Å². The second-order valence-electron chi connectivity index (χ2n) is 3.70. The number of alkyl halides is 1. The third kappa shape index (κ3) is 3.95. The zero-order valence-electron chi connectivity index (χ0n) is 7.79. The van der Waals surface area contributed by atoms with Crippen molar-refractivity contribution in [1.82, 2.24) is 4.72 Å². The maximum Gasteiger partial charge on any atom is 0.208 e. The zero-order valence-corrected chi connectivity index (χ0v) is 10.2. The molecule has 1 aliphatic rings. The Kier molecular flexibility index (Phi) is 4.19. The number of sulfonamides is 1. The van der Waals surface area contributed by atoms with Crippen LogP contribution in [0, 0.1) is 5.92 Å². The third-order valence-electron chi connectivity index (χ3n) is 2.47. The lowest BCUT2D eigenvalue weighted by atomic mass is 9.87. The van der Waals surface area contributed by atoms with Crippen molar-refractivity contribution < 1.29 is 8.42 Å². The first-order valence-corrected chi connectivity index (χ1v) is 7.57. The fourth-order valence-electron chi connectivity index (χ4n) is 1.82. The van der Waals surface area contributed by atoms with Gasteiger partial charge in [-0.2, -0.15) is 0 Å². The van der Waals surface area contributed by atoms with Gasteiger partial charge >= 0.3 is 0 Å². The summed E-state index contributed by atoms with van der Waals surface area (Å²) in [6.07, 6.45) is 5.68. The highest BCUT2D eigenvalue weighted by Gasteiger charge is 2.26. The van der Waals surface area contributed by atoms with Crippen LogP contribution >= 0.6 is 15.9 Å². The fraction of sp³-hybridized carbons (Fsp3) is 1.00. The van der Waals surface area contributed by atoms with Gasteiger partial charge in [0.15, 0.2) is 0 Å². The smallest absolute Gasteiger partial charge is 0.208 e. The highest BCUT2D eigenvalue weighted by Crippen LogP contribution is 2.26. The molecule has 1 fully saturated rings. The van der Waals surface area contributed by atoms with E-state index in [0.29, 0.717) is 5.92 Å². The van der Waals surface area contributed by atoms with E-state index in [9.17, 15) is 8.42 Å². The van der Waals surface area contributed by atoms with Crippen LogP contribution in [0.15, 0.2) is 0 Å². The summed E-state index contributed by atoms with van der Waals surface area (Å²) in [5, 5.41) is 0.889. The van der Waals surface area contributed by atoms with Gasteiger partial charge in [-0.05, 0) is 18.8 Å². The van der Waals surface area contributed by atoms with Gasteiger partial charge < -0.3 is 0 Å².